The summed E-state index contributed by atoms with van der Waals surface area (Å²) in [4.78, 5) is 19.7. The highest BCUT2D eigenvalue weighted by Crippen LogP contribution is 2.36. The minimum atomic E-state index is -0.183. The second-order valence-electron chi connectivity index (χ2n) is 4.82. The molecular weight excluding hydrogens is 238 g/mol. The summed E-state index contributed by atoms with van der Waals surface area (Å²) < 4.78 is 0. The normalized spacial score (nSPS) is 21.5. The Labute approximate surface area is 111 Å². The average molecular weight is 253 g/mol. The zero-order valence-electron chi connectivity index (χ0n) is 10.5. The molecule has 2 aromatic rings. The summed E-state index contributed by atoms with van der Waals surface area (Å²) in [6.45, 7) is 0. The van der Waals surface area contributed by atoms with Crippen LogP contribution in [0.2, 0.25) is 0 Å². The van der Waals surface area contributed by atoms with Crippen LogP contribution in [0.15, 0.2) is 48.8 Å². The van der Waals surface area contributed by atoms with Crippen molar-refractivity contribution in [3.05, 3.63) is 60.2 Å². The van der Waals surface area contributed by atoms with E-state index in [4.69, 9.17) is 0 Å². The van der Waals surface area contributed by atoms with E-state index >= 15 is 0 Å². The SMILES string of the molecule is O=C(NC1CC(c2ccccc2)C1)c1ncccn1. The Morgan fingerprint density at radius 3 is 2.42 bits per heavy atom. The molecule has 0 saturated heterocycles. The quantitative estimate of drug-likeness (QED) is 0.912. The lowest BCUT2D eigenvalue weighted by Crippen LogP contribution is -2.43. The fourth-order valence-electron chi connectivity index (χ4n) is 2.40. The standard InChI is InChI=1S/C15H15N3O/c19-15(14-16-7-4-8-17-14)18-13-9-12(10-13)11-5-2-1-3-6-11/h1-8,12-13H,9-10H2,(H,18,19). The molecule has 1 aromatic carbocycles. The monoisotopic (exact) mass is 253 g/mol. The molecule has 1 heterocycles. The van der Waals surface area contributed by atoms with E-state index in [0.717, 1.165) is 12.8 Å². The maximum atomic E-state index is 11.9. The van der Waals surface area contributed by atoms with Crippen LogP contribution in [0.5, 0.6) is 0 Å². The van der Waals surface area contributed by atoms with Gasteiger partial charge in [-0.1, -0.05) is 30.3 Å². The zero-order valence-corrected chi connectivity index (χ0v) is 10.5. The molecule has 1 aromatic heterocycles. The minimum Gasteiger partial charge on any atom is -0.347 e. The van der Waals surface area contributed by atoms with Gasteiger partial charge in [0.1, 0.15) is 0 Å². The van der Waals surface area contributed by atoms with Gasteiger partial charge in [-0.3, -0.25) is 4.79 Å². The first-order chi connectivity index (χ1) is 9.33. The van der Waals surface area contributed by atoms with Gasteiger partial charge >= 0.3 is 0 Å². The molecule has 0 radical (unpaired) electrons. The summed E-state index contributed by atoms with van der Waals surface area (Å²) in [7, 11) is 0. The second-order valence-corrected chi connectivity index (χ2v) is 4.82. The molecule has 3 rings (SSSR count). The number of benzene rings is 1. The molecule has 1 fully saturated rings. The van der Waals surface area contributed by atoms with Crippen LogP contribution in [0.25, 0.3) is 0 Å². The highest BCUT2D eigenvalue weighted by atomic mass is 16.2. The molecule has 1 aliphatic rings. The van der Waals surface area contributed by atoms with Gasteiger partial charge in [0, 0.05) is 18.4 Å². The summed E-state index contributed by atoms with van der Waals surface area (Å²) in [5, 5.41) is 2.97. The number of hydrogen-bond donors (Lipinski definition) is 1. The van der Waals surface area contributed by atoms with Gasteiger partial charge in [-0.2, -0.15) is 0 Å². The van der Waals surface area contributed by atoms with Crippen LogP contribution in [0.1, 0.15) is 34.9 Å². The van der Waals surface area contributed by atoms with E-state index in [2.05, 4.69) is 39.6 Å². The molecule has 0 aliphatic heterocycles. The fourth-order valence-corrected chi connectivity index (χ4v) is 2.40. The van der Waals surface area contributed by atoms with E-state index in [1.165, 1.54) is 5.56 Å². The topological polar surface area (TPSA) is 54.9 Å². The lowest BCUT2D eigenvalue weighted by molar-refractivity contribution is 0.0898. The van der Waals surface area contributed by atoms with E-state index in [-0.39, 0.29) is 17.8 Å². The molecule has 1 N–H and O–H groups in total. The smallest absolute Gasteiger partial charge is 0.289 e. The van der Waals surface area contributed by atoms with Crippen molar-refractivity contribution < 1.29 is 4.79 Å². The lowest BCUT2D eigenvalue weighted by Gasteiger charge is -2.36. The Morgan fingerprint density at radius 1 is 1.05 bits per heavy atom. The fraction of sp³-hybridized carbons (Fsp3) is 0.267. The Balaban J connectivity index is 1.54. The van der Waals surface area contributed by atoms with Crippen LogP contribution in [-0.4, -0.2) is 21.9 Å². The molecule has 0 bridgehead atoms. The number of carbonyl (C=O) groups excluding carboxylic acids is 1. The van der Waals surface area contributed by atoms with Gasteiger partial charge in [-0.05, 0) is 30.4 Å². The van der Waals surface area contributed by atoms with Gasteiger partial charge in [-0.15, -0.1) is 0 Å². The van der Waals surface area contributed by atoms with E-state index in [9.17, 15) is 4.79 Å². The largest absolute Gasteiger partial charge is 0.347 e. The third-order valence-corrected chi connectivity index (χ3v) is 3.51. The molecule has 4 heteroatoms. The molecule has 0 atom stereocenters. The third-order valence-electron chi connectivity index (χ3n) is 3.51. The van der Waals surface area contributed by atoms with Crippen molar-refractivity contribution >= 4 is 5.91 Å². The van der Waals surface area contributed by atoms with E-state index in [1.54, 1.807) is 18.5 Å². The number of nitrogens with zero attached hydrogens (tertiary/aromatic N) is 2. The maximum Gasteiger partial charge on any atom is 0.289 e. The lowest BCUT2D eigenvalue weighted by atomic mass is 9.76. The molecule has 0 unspecified atom stereocenters. The molecule has 1 saturated carbocycles. The summed E-state index contributed by atoms with van der Waals surface area (Å²) in [5.41, 5.74) is 1.35. The third kappa shape index (κ3) is 2.62. The van der Waals surface area contributed by atoms with E-state index < -0.39 is 0 Å². The maximum absolute atomic E-state index is 11.9. The molecule has 1 amide bonds. The summed E-state index contributed by atoms with van der Waals surface area (Å²) in [6.07, 6.45) is 5.14. The number of amides is 1. The van der Waals surface area contributed by atoms with Gasteiger partial charge in [0.05, 0.1) is 0 Å². The second kappa shape index (κ2) is 5.18. The minimum absolute atomic E-state index is 0.183. The van der Waals surface area contributed by atoms with Crippen LogP contribution in [-0.2, 0) is 0 Å². The predicted octanol–water partition coefficient (Wildman–Crippen LogP) is 2.15. The zero-order chi connectivity index (χ0) is 13.1. The van der Waals surface area contributed by atoms with Gasteiger partial charge in [-0.25, -0.2) is 9.97 Å². The molecular formula is C15H15N3O. The summed E-state index contributed by atoms with van der Waals surface area (Å²) >= 11 is 0. The highest BCUT2D eigenvalue weighted by molar-refractivity contribution is 5.90. The summed E-state index contributed by atoms with van der Waals surface area (Å²) in [5.74, 6) is 0.617. The Bertz CT molecular complexity index is 550. The van der Waals surface area contributed by atoms with E-state index in [0.29, 0.717) is 5.92 Å². The average Bonchev–Trinajstić information content (AvgIpc) is 2.44. The molecule has 4 nitrogen and oxygen atoms in total. The van der Waals surface area contributed by atoms with Crippen LogP contribution in [0.3, 0.4) is 0 Å². The van der Waals surface area contributed by atoms with Crippen molar-refractivity contribution in [2.24, 2.45) is 0 Å². The number of rotatable bonds is 3. The predicted molar refractivity (Wildman–Crippen MR) is 71.7 cm³/mol. The summed E-state index contributed by atoms with van der Waals surface area (Å²) in [6, 6.07) is 12.4. The highest BCUT2D eigenvalue weighted by Gasteiger charge is 2.31. The van der Waals surface area contributed by atoms with Crippen molar-refractivity contribution in [3.8, 4) is 0 Å². The Morgan fingerprint density at radius 2 is 1.74 bits per heavy atom. The number of carbonyl (C=O) groups is 1. The molecule has 1 aliphatic carbocycles. The number of aromatic nitrogens is 2. The van der Waals surface area contributed by atoms with Gasteiger partial charge in [0.2, 0.25) is 5.82 Å². The van der Waals surface area contributed by atoms with Crippen molar-refractivity contribution in [3.63, 3.8) is 0 Å². The Hall–Kier alpha value is -2.23. The van der Waals surface area contributed by atoms with Crippen LogP contribution in [0, 0.1) is 0 Å². The number of hydrogen-bond acceptors (Lipinski definition) is 3. The first kappa shape index (κ1) is 11.8. The van der Waals surface area contributed by atoms with Crippen LogP contribution < -0.4 is 5.32 Å². The first-order valence-electron chi connectivity index (χ1n) is 6.46. The Kier molecular flexibility index (Phi) is 3.23. The van der Waals surface area contributed by atoms with Crippen molar-refractivity contribution in [2.75, 3.05) is 0 Å². The molecule has 96 valence electrons. The number of nitrogens with one attached hydrogen (secondary N) is 1. The van der Waals surface area contributed by atoms with Gasteiger partial charge in [0.25, 0.3) is 5.91 Å². The van der Waals surface area contributed by atoms with Crippen LogP contribution in [0.4, 0.5) is 0 Å². The van der Waals surface area contributed by atoms with Crippen LogP contribution >= 0.6 is 0 Å². The molecule has 19 heavy (non-hydrogen) atoms. The van der Waals surface area contributed by atoms with Gasteiger partial charge in [0.15, 0.2) is 0 Å². The van der Waals surface area contributed by atoms with Gasteiger partial charge < -0.3 is 5.32 Å². The van der Waals surface area contributed by atoms with Crippen molar-refractivity contribution in [1.29, 1.82) is 0 Å². The molecule has 0 spiro atoms. The first-order valence-corrected chi connectivity index (χ1v) is 6.46. The van der Waals surface area contributed by atoms with Crippen molar-refractivity contribution in [1.82, 2.24) is 15.3 Å². The van der Waals surface area contributed by atoms with E-state index in [1.807, 2.05) is 6.07 Å². The van der Waals surface area contributed by atoms with Crippen molar-refractivity contribution in [2.45, 2.75) is 24.8 Å².